The Labute approximate surface area is 142 Å². The fourth-order valence-electron chi connectivity index (χ4n) is 2.29. The van der Waals surface area contributed by atoms with Crippen molar-refractivity contribution in [2.75, 3.05) is 7.11 Å². The largest absolute Gasteiger partial charge is 0.497 e. The van der Waals surface area contributed by atoms with Crippen molar-refractivity contribution in [3.63, 3.8) is 0 Å². The minimum atomic E-state index is -3.61. The van der Waals surface area contributed by atoms with Gasteiger partial charge in [0.15, 0.2) is 0 Å². The monoisotopic (exact) mass is 394 g/mol. The van der Waals surface area contributed by atoms with Crippen molar-refractivity contribution in [1.29, 1.82) is 0 Å². The molecule has 0 atom stereocenters. The Hall–Kier alpha value is -1.83. The first-order valence-corrected chi connectivity index (χ1v) is 9.16. The molecule has 0 saturated heterocycles. The summed E-state index contributed by atoms with van der Waals surface area (Å²) in [5.41, 5.74) is 1.63. The van der Waals surface area contributed by atoms with Gasteiger partial charge in [-0.05, 0) is 35.9 Å². The zero-order valence-electron chi connectivity index (χ0n) is 12.3. The number of aromatic nitrogens is 1. The predicted octanol–water partition coefficient (Wildman–Crippen LogP) is 3.42. The van der Waals surface area contributed by atoms with Crippen LogP contribution in [-0.2, 0) is 16.6 Å². The smallest absolute Gasteiger partial charge is 0.242 e. The van der Waals surface area contributed by atoms with Crippen molar-refractivity contribution in [2.24, 2.45) is 0 Å². The average Bonchev–Trinajstić information content (AvgIpc) is 2.97. The minimum absolute atomic E-state index is 0.215. The molecule has 3 rings (SSSR count). The van der Waals surface area contributed by atoms with Crippen molar-refractivity contribution in [1.82, 2.24) is 9.71 Å². The summed E-state index contributed by atoms with van der Waals surface area (Å²) in [5.74, 6) is 0.734. The summed E-state index contributed by atoms with van der Waals surface area (Å²) in [4.78, 5) is 3.22. The number of ether oxygens (including phenoxy) is 1. The highest BCUT2D eigenvalue weighted by Gasteiger charge is 2.18. The van der Waals surface area contributed by atoms with Crippen molar-refractivity contribution in [2.45, 2.75) is 11.4 Å². The van der Waals surface area contributed by atoms with E-state index in [0.717, 1.165) is 21.3 Å². The van der Waals surface area contributed by atoms with Gasteiger partial charge in [0.2, 0.25) is 10.0 Å². The molecular weight excluding hydrogens is 380 g/mol. The fraction of sp³-hybridized carbons (Fsp3) is 0.125. The molecule has 0 fully saturated rings. The Morgan fingerprint density at radius 2 is 1.91 bits per heavy atom. The predicted molar refractivity (Wildman–Crippen MR) is 93.0 cm³/mol. The first-order chi connectivity index (χ1) is 11.0. The number of rotatable bonds is 5. The average molecular weight is 395 g/mol. The van der Waals surface area contributed by atoms with Gasteiger partial charge in [0.05, 0.1) is 7.11 Å². The van der Waals surface area contributed by atoms with E-state index >= 15 is 0 Å². The number of hydrogen-bond acceptors (Lipinski definition) is 3. The van der Waals surface area contributed by atoms with Crippen LogP contribution in [0.5, 0.6) is 5.75 Å². The van der Waals surface area contributed by atoms with Crippen LogP contribution in [0.1, 0.15) is 5.56 Å². The van der Waals surface area contributed by atoms with Gasteiger partial charge in [0.1, 0.15) is 10.6 Å². The van der Waals surface area contributed by atoms with Gasteiger partial charge < -0.3 is 9.72 Å². The zero-order valence-corrected chi connectivity index (χ0v) is 14.7. The fourth-order valence-corrected chi connectivity index (χ4v) is 3.83. The molecule has 0 bridgehead atoms. The maximum Gasteiger partial charge on any atom is 0.242 e. The summed E-state index contributed by atoms with van der Waals surface area (Å²) in [7, 11) is -2.02. The third-order valence-electron chi connectivity index (χ3n) is 3.52. The molecule has 3 aromatic rings. The molecule has 1 heterocycles. The van der Waals surface area contributed by atoms with Crippen molar-refractivity contribution >= 4 is 36.9 Å². The van der Waals surface area contributed by atoms with Crippen LogP contribution in [0.4, 0.5) is 0 Å². The molecule has 5 nitrogen and oxygen atoms in total. The van der Waals surface area contributed by atoms with Crippen LogP contribution >= 0.6 is 15.9 Å². The lowest BCUT2D eigenvalue weighted by atomic mass is 10.2. The van der Waals surface area contributed by atoms with Gasteiger partial charge in [0.25, 0.3) is 0 Å². The van der Waals surface area contributed by atoms with Crippen LogP contribution in [0.3, 0.4) is 0 Å². The molecule has 1 aromatic heterocycles. The van der Waals surface area contributed by atoms with Crippen LogP contribution < -0.4 is 9.46 Å². The molecule has 0 saturated carbocycles. The summed E-state index contributed by atoms with van der Waals surface area (Å²) < 4.78 is 33.6. The molecule has 7 heteroatoms. The molecule has 23 heavy (non-hydrogen) atoms. The van der Waals surface area contributed by atoms with Gasteiger partial charge in [-0.25, -0.2) is 13.1 Å². The van der Waals surface area contributed by atoms with E-state index in [0.29, 0.717) is 5.39 Å². The van der Waals surface area contributed by atoms with Crippen LogP contribution in [0.25, 0.3) is 10.9 Å². The van der Waals surface area contributed by atoms with E-state index in [1.807, 2.05) is 24.3 Å². The normalized spacial score (nSPS) is 11.7. The topological polar surface area (TPSA) is 71.2 Å². The zero-order chi connectivity index (χ0) is 16.4. The summed E-state index contributed by atoms with van der Waals surface area (Å²) in [5, 5.41) is 0.654. The van der Waals surface area contributed by atoms with Gasteiger partial charge >= 0.3 is 0 Å². The van der Waals surface area contributed by atoms with Crippen LogP contribution in [-0.4, -0.2) is 20.5 Å². The van der Waals surface area contributed by atoms with Crippen LogP contribution in [0, 0.1) is 0 Å². The SMILES string of the molecule is COc1ccc(CNS(=O)(=O)c2c[nH]c3ccc(Br)cc23)cc1. The summed E-state index contributed by atoms with van der Waals surface area (Å²) in [6, 6.07) is 12.7. The lowest BCUT2D eigenvalue weighted by Gasteiger charge is -2.07. The van der Waals surface area contributed by atoms with Crippen LogP contribution in [0.2, 0.25) is 0 Å². The van der Waals surface area contributed by atoms with Gasteiger partial charge in [-0.2, -0.15) is 0 Å². The number of aromatic amines is 1. The highest BCUT2D eigenvalue weighted by atomic mass is 79.9. The number of benzene rings is 2. The quantitative estimate of drug-likeness (QED) is 0.696. The summed E-state index contributed by atoms with van der Waals surface area (Å²) in [6.45, 7) is 0.215. The molecule has 0 aliphatic rings. The molecule has 0 aliphatic carbocycles. The van der Waals surface area contributed by atoms with Gasteiger partial charge in [-0.1, -0.05) is 28.1 Å². The number of halogens is 1. The third-order valence-corrected chi connectivity index (χ3v) is 5.46. The lowest BCUT2D eigenvalue weighted by molar-refractivity contribution is 0.414. The summed E-state index contributed by atoms with van der Waals surface area (Å²) >= 11 is 3.37. The highest BCUT2D eigenvalue weighted by Crippen LogP contribution is 2.26. The van der Waals surface area contributed by atoms with E-state index in [1.54, 1.807) is 25.3 Å². The highest BCUT2D eigenvalue weighted by molar-refractivity contribution is 9.10. The molecule has 0 unspecified atom stereocenters. The first kappa shape index (κ1) is 16.0. The maximum atomic E-state index is 12.5. The molecule has 2 N–H and O–H groups in total. The van der Waals surface area contributed by atoms with E-state index in [4.69, 9.17) is 4.74 Å². The van der Waals surface area contributed by atoms with E-state index in [-0.39, 0.29) is 11.4 Å². The number of hydrogen-bond donors (Lipinski definition) is 2. The molecule has 0 radical (unpaired) electrons. The Kier molecular flexibility index (Phi) is 4.43. The van der Waals surface area contributed by atoms with Crippen molar-refractivity contribution < 1.29 is 13.2 Å². The Bertz CT molecular complexity index is 934. The standard InChI is InChI=1S/C16H15BrN2O3S/c1-22-13-5-2-11(3-6-13)9-19-23(20,21)16-10-18-15-7-4-12(17)8-14(15)16/h2-8,10,18-19H,9H2,1H3. The van der Waals surface area contributed by atoms with Crippen LogP contribution in [0.15, 0.2) is 58.0 Å². The molecular formula is C16H15BrN2O3S. The van der Waals surface area contributed by atoms with E-state index in [9.17, 15) is 8.42 Å². The molecule has 0 aliphatic heterocycles. The maximum absolute atomic E-state index is 12.5. The lowest BCUT2D eigenvalue weighted by Crippen LogP contribution is -2.23. The van der Waals surface area contributed by atoms with Gasteiger partial charge in [-0.15, -0.1) is 0 Å². The molecule has 0 spiro atoms. The Balaban J connectivity index is 1.84. The first-order valence-electron chi connectivity index (χ1n) is 6.89. The summed E-state index contributed by atoms with van der Waals surface area (Å²) in [6.07, 6.45) is 1.51. The van der Waals surface area contributed by atoms with E-state index in [2.05, 4.69) is 25.6 Å². The Morgan fingerprint density at radius 3 is 2.61 bits per heavy atom. The second-order valence-corrected chi connectivity index (χ2v) is 7.67. The van der Waals surface area contributed by atoms with Crippen molar-refractivity contribution in [3.8, 4) is 5.75 Å². The third kappa shape index (κ3) is 3.41. The van der Waals surface area contributed by atoms with Gasteiger partial charge in [0, 0.05) is 28.1 Å². The second-order valence-electron chi connectivity index (χ2n) is 5.02. The number of sulfonamides is 1. The van der Waals surface area contributed by atoms with E-state index in [1.165, 1.54) is 6.20 Å². The number of H-pyrrole nitrogens is 1. The molecule has 2 aromatic carbocycles. The van der Waals surface area contributed by atoms with Gasteiger partial charge in [-0.3, -0.25) is 0 Å². The second kappa shape index (κ2) is 6.35. The molecule has 0 amide bonds. The number of nitrogens with one attached hydrogen (secondary N) is 2. The van der Waals surface area contributed by atoms with E-state index < -0.39 is 10.0 Å². The Morgan fingerprint density at radius 1 is 1.17 bits per heavy atom. The van der Waals surface area contributed by atoms with Crippen molar-refractivity contribution in [3.05, 3.63) is 58.7 Å². The number of methoxy groups -OCH3 is 1. The number of fused-ring (bicyclic) bond motifs is 1. The minimum Gasteiger partial charge on any atom is -0.497 e. The molecule has 120 valence electrons.